The van der Waals surface area contributed by atoms with Gasteiger partial charge in [0.05, 0.1) is 17.4 Å². The quantitative estimate of drug-likeness (QED) is 0.821. The lowest BCUT2D eigenvalue weighted by molar-refractivity contribution is -0.141. The molecule has 26 heavy (non-hydrogen) atoms. The first-order chi connectivity index (χ1) is 12.7. The minimum Gasteiger partial charge on any atom is -0.342 e. The van der Waals surface area contributed by atoms with Gasteiger partial charge in [0.1, 0.15) is 0 Å². The number of rotatable bonds is 2. The van der Waals surface area contributed by atoms with Gasteiger partial charge >= 0.3 is 0 Å². The minimum absolute atomic E-state index is 0.176. The normalized spacial score (nSPS) is 28.8. The summed E-state index contributed by atoms with van der Waals surface area (Å²) in [6.45, 7) is 3.76. The van der Waals surface area contributed by atoms with E-state index in [1.807, 2.05) is 18.2 Å². The first-order valence-corrected chi connectivity index (χ1v) is 10.2. The van der Waals surface area contributed by atoms with Gasteiger partial charge in [-0.3, -0.25) is 9.69 Å². The zero-order chi connectivity index (χ0) is 18.0. The highest BCUT2D eigenvalue weighted by Crippen LogP contribution is 2.37. The second-order valence-corrected chi connectivity index (χ2v) is 8.23. The first-order valence-electron chi connectivity index (χ1n) is 10.2. The lowest BCUT2D eigenvalue weighted by atomic mass is 9.73. The van der Waals surface area contributed by atoms with Crippen LogP contribution in [-0.4, -0.2) is 47.9 Å². The Morgan fingerprint density at radius 1 is 1.00 bits per heavy atom. The molecular weight excluding hydrogens is 322 g/mol. The largest absolute Gasteiger partial charge is 0.342 e. The smallest absolute Gasteiger partial charge is 0.227 e. The number of piperidine rings is 3. The van der Waals surface area contributed by atoms with Gasteiger partial charge in [0, 0.05) is 19.1 Å². The van der Waals surface area contributed by atoms with Crippen molar-refractivity contribution in [1.82, 2.24) is 9.80 Å². The minimum atomic E-state index is -0.429. The van der Waals surface area contributed by atoms with E-state index in [0.717, 1.165) is 31.2 Å². The van der Waals surface area contributed by atoms with Gasteiger partial charge in [-0.05, 0) is 57.2 Å². The maximum Gasteiger partial charge on any atom is 0.227 e. The number of hydrogen-bond donors (Lipinski definition) is 0. The fourth-order valence-electron chi connectivity index (χ4n) is 5.31. The van der Waals surface area contributed by atoms with Crippen LogP contribution in [0.25, 0.3) is 0 Å². The Balaban J connectivity index is 1.44. The molecule has 2 atom stereocenters. The third-order valence-electron chi connectivity index (χ3n) is 6.88. The highest BCUT2D eigenvalue weighted by atomic mass is 16.2. The summed E-state index contributed by atoms with van der Waals surface area (Å²) >= 11 is 0. The molecule has 0 bridgehead atoms. The van der Waals surface area contributed by atoms with Crippen molar-refractivity contribution in [3.05, 3.63) is 35.9 Å². The molecule has 4 nitrogen and oxygen atoms in total. The number of hydrogen-bond acceptors (Lipinski definition) is 3. The zero-order valence-corrected chi connectivity index (χ0v) is 15.6. The molecule has 0 unspecified atom stereocenters. The van der Waals surface area contributed by atoms with E-state index in [1.54, 1.807) is 0 Å². The van der Waals surface area contributed by atoms with Crippen molar-refractivity contribution in [1.29, 1.82) is 5.26 Å². The number of carbonyl (C=O) groups excluding carboxylic acids is 1. The molecule has 0 spiro atoms. The monoisotopic (exact) mass is 351 g/mol. The summed E-state index contributed by atoms with van der Waals surface area (Å²) in [6, 6.07) is 13.1. The summed E-state index contributed by atoms with van der Waals surface area (Å²) in [4.78, 5) is 17.9. The van der Waals surface area contributed by atoms with Crippen LogP contribution in [0.3, 0.4) is 0 Å². The molecule has 3 aliphatic rings. The molecule has 0 aromatic heterocycles. The van der Waals surface area contributed by atoms with Crippen molar-refractivity contribution in [3.63, 3.8) is 0 Å². The van der Waals surface area contributed by atoms with E-state index in [4.69, 9.17) is 0 Å². The van der Waals surface area contributed by atoms with Crippen LogP contribution >= 0.6 is 0 Å². The molecule has 1 aromatic carbocycles. The Morgan fingerprint density at radius 2 is 1.73 bits per heavy atom. The fourth-order valence-corrected chi connectivity index (χ4v) is 5.31. The molecule has 3 heterocycles. The van der Waals surface area contributed by atoms with E-state index < -0.39 is 5.41 Å². The summed E-state index contributed by atoms with van der Waals surface area (Å²) in [6.07, 6.45) is 7.40. The van der Waals surface area contributed by atoms with Crippen molar-refractivity contribution in [2.75, 3.05) is 26.2 Å². The Labute approximate surface area is 156 Å². The van der Waals surface area contributed by atoms with Gasteiger partial charge in [-0.25, -0.2) is 0 Å². The summed E-state index contributed by atoms with van der Waals surface area (Å²) in [5.41, 5.74) is 0.673. The molecule has 4 heteroatoms. The molecule has 1 aromatic rings. The average molecular weight is 351 g/mol. The molecule has 0 aliphatic carbocycles. The summed E-state index contributed by atoms with van der Waals surface area (Å²) in [5.74, 6) is 0.525. The molecule has 0 saturated carbocycles. The first kappa shape index (κ1) is 17.5. The maximum atomic E-state index is 13.3. The van der Waals surface area contributed by atoms with Crippen LogP contribution in [-0.2, 0) is 10.2 Å². The van der Waals surface area contributed by atoms with Crippen molar-refractivity contribution >= 4 is 5.91 Å². The van der Waals surface area contributed by atoms with Crippen LogP contribution in [0, 0.1) is 17.2 Å². The molecule has 0 radical (unpaired) electrons. The van der Waals surface area contributed by atoms with E-state index >= 15 is 0 Å². The van der Waals surface area contributed by atoms with Crippen LogP contribution in [0.2, 0.25) is 0 Å². The average Bonchev–Trinajstić information content (AvgIpc) is 2.73. The van der Waals surface area contributed by atoms with Gasteiger partial charge in [-0.1, -0.05) is 36.8 Å². The predicted molar refractivity (Wildman–Crippen MR) is 101 cm³/mol. The fraction of sp³-hybridized carbons (Fsp3) is 0.636. The summed E-state index contributed by atoms with van der Waals surface area (Å²) < 4.78 is 0. The summed E-state index contributed by atoms with van der Waals surface area (Å²) in [7, 11) is 0. The Hall–Kier alpha value is -1.86. The second kappa shape index (κ2) is 7.40. The van der Waals surface area contributed by atoms with Crippen molar-refractivity contribution < 1.29 is 4.79 Å². The van der Waals surface area contributed by atoms with Crippen molar-refractivity contribution in [2.45, 2.75) is 56.4 Å². The number of nitriles is 1. The molecule has 4 rings (SSSR count). The molecule has 3 fully saturated rings. The third kappa shape index (κ3) is 3.14. The van der Waals surface area contributed by atoms with E-state index in [1.165, 1.54) is 32.4 Å². The summed E-state index contributed by atoms with van der Waals surface area (Å²) in [5, 5.41) is 9.86. The second-order valence-electron chi connectivity index (χ2n) is 8.23. The Morgan fingerprint density at radius 3 is 2.46 bits per heavy atom. The zero-order valence-electron chi connectivity index (χ0n) is 15.6. The topological polar surface area (TPSA) is 47.3 Å². The van der Waals surface area contributed by atoms with Crippen LogP contribution in [0.5, 0.6) is 0 Å². The molecule has 3 aliphatic heterocycles. The van der Waals surface area contributed by atoms with E-state index in [9.17, 15) is 10.1 Å². The number of benzene rings is 1. The standard InChI is InChI=1S/C22H29N3O/c23-17-22(18-7-2-1-3-8-18)11-15-25(16-12-22)21(26)19-9-6-14-24-13-5-4-10-20(19)24/h1-3,7-8,19-20H,4-6,9-16H2/t19-,20-/m1/s1. The number of nitrogens with zero attached hydrogens (tertiary/aromatic N) is 3. The van der Waals surface area contributed by atoms with Crippen LogP contribution < -0.4 is 0 Å². The third-order valence-corrected chi connectivity index (χ3v) is 6.88. The highest BCUT2D eigenvalue weighted by molar-refractivity contribution is 5.80. The van der Waals surface area contributed by atoms with Gasteiger partial charge in [0.15, 0.2) is 0 Å². The van der Waals surface area contributed by atoms with E-state index in [0.29, 0.717) is 25.0 Å². The van der Waals surface area contributed by atoms with Crippen molar-refractivity contribution in [3.8, 4) is 6.07 Å². The Kier molecular flexibility index (Phi) is 5.00. The van der Waals surface area contributed by atoms with Gasteiger partial charge in [-0.2, -0.15) is 5.26 Å². The molecular formula is C22H29N3O. The van der Waals surface area contributed by atoms with Crippen LogP contribution in [0.4, 0.5) is 0 Å². The lowest BCUT2D eigenvalue weighted by Gasteiger charge is -2.46. The highest BCUT2D eigenvalue weighted by Gasteiger charge is 2.42. The molecule has 3 saturated heterocycles. The number of likely N-dealkylation sites (tertiary alicyclic amines) is 1. The molecule has 1 amide bonds. The van der Waals surface area contributed by atoms with Crippen molar-refractivity contribution in [2.24, 2.45) is 5.92 Å². The predicted octanol–water partition coefficient (Wildman–Crippen LogP) is 3.33. The van der Waals surface area contributed by atoms with E-state index in [2.05, 4.69) is 28.0 Å². The van der Waals surface area contributed by atoms with Gasteiger partial charge in [-0.15, -0.1) is 0 Å². The molecule has 0 N–H and O–H groups in total. The SMILES string of the molecule is N#CC1(c2ccccc2)CCN(C(=O)[C@@H]2CCCN3CCCC[C@H]23)CC1. The van der Waals surface area contributed by atoms with E-state index in [-0.39, 0.29) is 5.92 Å². The molecule has 138 valence electrons. The number of fused-ring (bicyclic) bond motifs is 1. The van der Waals surface area contributed by atoms with Crippen LogP contribution in [0.15, 0.2) is 30.3 Å². The lowest BCUT2D eigenvalue weighted by Crippen LogP contribution is -2.55. The number of amides is 1. The van der Waals surface area contributed by atoms with Gasteiger partial charge < -0.3 is 4.90 Å². The Bertz CT molecular complexity index is 670. The van der Waals surface area contributed by atoms with Gasteiger partial charge in [0.2, 0.25) is 5.91 Å². The van der Waals surface area contributed by atoms with Gasteiger partial charge in [0.25, 0.3) is 0 Å². The number of carbonyl (C=O) groups is 1. The maximum absolute atomic E-state index is 13.3. The van der Waals surface area contributed by atoms with Crippen LogP contribution in [0.1, 0.15) is 50.5 Å².